The second kappa shape index (κ2) is 6.08. The van der Waals surface area contributed by atoms with Crippen LogP contribution in [-0.2, 0) is 6.54 Å². The number of halogens is 1. The van der Waals surface area contributed by atoms with Crippen LogP contribution in [0.2, 0.25) is 0 Å². The van der Waals surface area contributed by atoms with Crippen molar-refractivity contribution in [2.75, 3.05) is 11.4 Å². The van der Waals surface area contributed by atoms with Crippen molar-refractivity contribution in [1.29, 1.82) is 0 Å². The standard InChI is InChI=1S/C15H23BrN4O/c1-10-3-2-4-12(7-17)20(10)13-8-18-19(9-11-5-6-11)15(21)14(13)16/h8,10-12H,2-7,9,17H2,1H3. The van der Waals surface area contributed by atoms with E-state index in [0.29, 0.717) is 29.0 Å². The third-order valence-electron chi connectivity index (χ3n) is 4.67. The summed E-state index contributed by atoms with van der Waals surface area (Å²) in [7, 11) is 0. The molecule has 1 aromatic rings. The quantitative estimate of drug-likeness (QED) is 0.899. The summed E-state index contributed by atoms with van der Waals surface area (Å²) in [5, 5.41) is 4.39. The molecule has 5 nitrogen and oxygen atoms in total. The molecule has 2 heterocycles. The molecule has 1 aliphatic heterocycles. The minimum atomic E-state index is -0.0204. The van der Waals surface area contributed by atoms with E-state index in [1.165, 1.54) is 19.3 Å². The van der Waals surface area contributed by atoms with Gasteiger partial charge in [0, 0.05) is 25.2 Å². The molecule has 0 radical (unpaired) electrons. The molecule has 2 N–H and O–H groups in total. The van der Waals surface area contributed by atoms with E-state index in [4.69, 9.17) is 5.73 Å². The summed E-state index contributed by atoms with van der Waals surface area (Å²) >= 11 is 3.51. The average Bonchev–Trinajstić information content (AvgIpc) is 3.29. The second-order valence-corrected chi connectivity index (χ2v) is 7.14. The van der Waals surface area contributed by atoms with Gasteiger partial charge in [-0.25, -0.2) is 4.68 Å². The molecule has 116 valence electrons. The number of hydrogen-bond donors (Lipinski definition) is 1. The Morgan fingerprint density at radius 1 is 1.38 bits per heavy atom. The van der Waals surface area contributed by atoms with Crippen LogP contribution in [0, 0.1) is 5.92 Å². The van der Waals surface area contributed by atoms with Gasteiger partial charge in [0.2, 0.25) is 0 Å². The van der Waals surface area contributed by atoms with Crippen LogP contribution in [0.3, 0.4) is 0 Å². The Morgan fingerprint density at radius 3 is 2.81 bits per heavy atom. The van der Waals surface area contributed by atoms with Gasteiger partial charge in [0.1, 0.15) is 4.47 Å². The van der Waals surface area contributed by atoms with Gasteiger partial charge >= 0.3 is 0 Å². The number of aromatic nitrogens is 2. The highest BCUT2D eigenvalue weighted by Crippen LogP contribution is 2.33. The van der Waals surface area contributed by atoms with Crippen LogP contribution in [0.5, 0.6) is 0 Å². The predicted molar refractivity (Wildman–Crippen MR) is 87.6 cm³/mol. The lowest BCUT2D eigenvalue weighted by Gasteiger charge is -2.42. The van der Waals surface area contributed by atoms with Crippen LogP contribution in [0.15, 0.2) is 15.5 Å². The van der Waals surface area contributed by atoms with Gasteiger partial charge in [-0.2, -0.15) is 5.10 Å². The minimum Gasteiger partial charge on any atom is -0.362 e. The van der Waals surface area contributed by atoms with Crippen LogP contribution < -0.4 is 16.2 Å². The Kier molecular flexibility index (Phi) is 4.36. The predicted octanol–water partition coefficient (Wildman–Crippen LogP) is 2.12. The van der Waals surface area contributed by atoms with Crippen molar-refractivity contribution in [3.8, 4) is 0 Å². The van der Waals surface area contributed by atoms with Crippen LogP contribution in [0.1, 0.15) is 39.0 Å². The molecule has 0 amide bonds. The van der Waals surface area contributed by atoms with Crippen LogP contribution in [-0.4, -0.2) is 28.4 Å². The van der Waals surface area contributed by atoms with Crippen molar-refractivity contribution in [3.63, 3.8) is 0 Å². The highest BCUT2D eigenvalue weighted by atomic mass is 79.9. The summed E-state index contributed by atoms with van der Waals surface area (Å²) in [4.78, 5) is 14.8. The summed E-state index contributed by atoms with van der Waals surface area (Å²) in [5.41, 5.74) is 6.80. The Morgan fingerprint density at radius 2 is 2.14 bits per heavy atom. The third kappa shape index (κ3) is 3.01. The Hall–Kier alpha value is -0.880. The normalized spacial score (nSPS) is 26.1. The van der Waals surface area contributed by atoms with E-state index < -0.39 is 0 Å². The van der Waals surface area contributed by atoms with E-state index in [-0.39, 0.29) is 5.56 Å². The van der Waals surface area contributed by atoms with Crippen molar-refractivity contribution in [1.82, 2.24) is 9.78 Å². The van der Waals surface area contributed by atoms with Crippen molar-refractivity contribution in [2.45, 2.75) is 57.7 Å². The smallest absolute Gasteiger partial charge is 0.283 e. The third-order valence-corrected chi connectivity index (χ3v) is 5.42. The van der Waals surface area contributed by atoms with Gasteiger partial charge < -0.3 is 10.6 Å². The van der Waals surface area contributed by atoms with E-state index in [0.717, 1.165) is 25.1 Å². The van der Waals surface area contributed by atoms with Gasteiger partial charge in [-0.05, 0) is 60.9 Å². The maximum absolute atomic E-state index is 12.5. The molecule has 2 atom stereocenters. The van der Waals surface area contributed by atoms with Crippen molar-refractivity contribution < 1.29 is 0 Å². The molecule has 1 aliphatic carbocycles. The first-order valence-electron chi connectivity index (χ1n) is 7.85. The second-order valence-electron chi connectivity index (χ2n) is 6.35. The van der Waals surface area contributed by atoms with Gasteiger partial charge in [0.15, 0.2) is 0 Å². The molecule has 6 heteroatoms. The SMILES string of the molecule is CC1CCCC(CN)N1c1cnn(CC2CC2)c(=O)c1Br. The number of piperidine rings is 1. The van der Waals surface area contributed by atoms with E-state index in [1.807, 2.05) is 6.20 Å². The Balaban J connectivity index is 1.93. The van der Waals surface area contributed by atoms with Crippen LogP contribution in [0.4, 0.5) is 5.69 Å². The molecule has 21 heavy (non-hydrogen) atoms. The first-order chi connectivity index (χ1) is 10.1. The van der Waals surface area contributed by atoms with E-state index in [1.54, 1.807) is 4.68 Å². The Labute approximate surface area is 133 Å². The van der Waals surface area contributed by atoms with Gasteiger partial charge in [-0.1, -0.05) is 0 Å². The zero-order valence-electron chi connectivity index (χ0n) is 12.5. The van der Waals surface area contributed by atoms with Gasteiger partial charge in [0.05, 0.1) is 11.9 Å². The van der Waals surface area contributed by atoms with E-state index in [9.17, 15) is 4.79 Å². The van der Waals surface area contributed by atoms with E-state index in [2.05, 4.69) is 32.9 Å². The largest absolute Gasteiger partial charge is 0.362 e. The minimum absolute atomic E-state index is 0.0204. The summed E-state index contributed by atoms with van der Waals surface area (Å²) in [6.45, 7) is 3.56. The van der Waals surface area contributed by atoms with Gasteiger partial charge in [0.25, 0.3) is 5.56 Å². The fourth-order valence-electron chi connectivity index (χ4n) is 3.26. The number of hydrogen-bond acceptors (Lipinski definition) is 4. The summed E-state index contributed by atoms with van der Waals surface area (Å²) in [5.74, 6) is 0.638. The lowest BCUT2D eigenvalue weighted by atomic mass is 9.96. The van der Waals surface area contributed by atoms with Crippen molar-refractivity contribution in [2.24, 2.45) is 11.7 Å². The molecule has 3 rings (SSSR count). The fourth-order valence-corrected chi connectivity index (χ4v) is 3.78. The molecular weight excluding hydrogens is 332 g/mol. The van der Waals surface area contributed by atoms with Crippen molar-refractivity contribution in [3.05, 3.63) is 21.0 Å². The van der Waals surface area contributed by atoms with Crippen molar-refractivity contribution >= 4 is 21.6 Å². The molecule has 2 fully saturated rings. The maximum Gasteiger partial charge on any atom is 0.283 e. The monoisotopic (exact) mass is 354 g/mol. The van der Waals surface area contributed by atoms with Gasteiger partial charge in [-0.15, -0.1) is 0 Å². The molecule has 1 saturated heterocycles. The maximum atomic E-state index is 12.5. The number of rotatable bonds is 4. The lowest BCUT2D eigenvalue weighted by molar-refractivity contribution is 0.398. The highest BCUT2D eigenvalue weighted by molar-refractivity contribution is 9.10. The van der Waals surface area contributed by atoms with Gasteiger partial charge in [-0.3, -0.25) is 4.79 Å². The highest BCUT2D eigenvalue weighted by Gasteiger charge is 2.30. The summed E-state index contributed by atoms with van der Waals surface area (Å²) < 4.78 is 2.22. The van der Waals surface area contributed by atoms with E-state index >= 15 is 0 Å². The lowest BCUT2D eigenvalue weighted by Crippen LogP contribution is -2.49. The molecule has 1 saturated carbocycles. The van der Waals surface area contributed by atoms with Crippen LogP contribution >= 0.6 is 15.9 Å². The number of nitrogens with two attached hydrogens (primary N) is 1. The molecule has 0 spiro atoms. The zero-order chi connectivity index (χ0) is 15.0. The zero-order valence-corrected chi connectivity index (χ0v) is 14.1. The molecule has 2 unspecified atom stereocenters. The molecular formula is C15H23BrN4O. The average molecular weight is 355 g/mol. The first-order valence-corrected chi connectivity index (χ1v) is 8.65. The first kappa shape index (κ1) is 15.0. The topological polar surface area (TPSA) is 64.2 Å². The number of nitrogens with zero attached hydrogens (tertiary/aromatic N) is 3. The molecule has 2 aliphatic rings. The fraction of sp³-hybridized carbons (Fsp3) is 0.733. The molecule has 0 aromatic carbocycles. The summed E-state index contributed by atoms with van der Waals surface area (Å²) in [6, 6.07) is 0.689. The van der Waals surface area contributed by atoms with Crippen LogP contribution in [0.25, 0.3) is 0 Å². The number of anilines is 1. The molecule has 0 bridgehead atoms. The summed E-state index contributed by atoms with van der Waals surface area (Å²) in [6.07, 6.45) is 7.67. The Bertz CT molecular complexity index is 569. The molecule has 1 aromatic heterocycles.